The van der Waals surface area contributed by atoms with Gasteiger partial charge in [0.2, 0.25) is 0 Å². The van der Waals surface area contributed by atoms with Crippen molar-refractivity contribution in [2.24, 2.45) is 0 Å². The zero-order valence-corrected chi connectivity index (χ0v) is 13.7. The molecule has 0 bridgehead atoms. The molecule has 0 spiro atoms. The van der Waals surface area contributed by atoms with Gasteiger partial charge in [0, 0.05) is 12.2 Å². The number of carbonyl (C=O) groups excluding carboxylic acids is 1. The SMILES string of the molecule is CCOc1ccc(NC(=O)NCc2cccc(OC)c2)cc1C. The van der Waals surface area contributed by atoms with Crippen LogP contribution in [0.2, 0.25) is 0 Å². The monoisotopic (exact) mass is 314 g/mol. The molecule has 0 radical (unpaired) electrons. The van der Waals surface area contributed by atoms with Gasteiger partial charge in [-0.1, -0.05) is 12.1 Å². The van der Waals surface area contributed by atoms with Gasteiger partial charge in [0.15, 0.2) is 0 Å². The van der Waals surface area contributed by atoms with Crippen molar-refractivity contribution in [3.8, 4) is 11.5 Å². The first-order valence-electron chi connectivity index (χ1n) is 7.53. The third kappa shape index (κ3) is 4.92. The number of aryl methyl sites for hydroxylation is 1. The molecule has 2 N–H and O–H groups in total. The third-order valence-corrected chi connectivity index (χ3v) is 3.32. The van der Waals surface area contributed by atoms with E-state index in [0.717, 1.165) is 28.3 Å². The molecule has 5 nitrogen and oxygen atoms in total. The van der Waals surface area contributed by atoms with Crippen LogP contribution in [0.5, 0.6) is 11.5 Å². The average Bonchev–Trinajstić information content (AvgIpc) is 2.56. The second kappa shape index (κ2) is 8.08. The quantitative estimate of drug-likeness (QED) is 0.854. The van der Waals surface area contributed by atoms with Crippen LogP contribution in [-0.4, -0.2) is 19.7 Å². The summed E-state index contributed by atoms with van der Waals surface area (Å²) in [5.41, 5.74) is 2.69. The Hall–Kier alpha value is -2.69. The van der Waals surface area contributed by atoms with Crippen LogP contribution >= 0.6 is 0 Å². The van der Waals surface area contributed by atoms with E-state index in [0.29, 0.717) is 13.2 Å². The fourth-order valence-corrected chi connectivity index (χ4v) is 2.18. The molecule has 0 heterocycles. The smallest absolute Gasteiger partial charge is 0.319 e. The van der Waals surface area contributed by atoms with Crippen molar-refractivity contribution in [2.45, 2.75) is 20.4 Å². The largest absolute Gasteiger partial charge is 0.497 e. The van der Waals surface area contributed by atoms with E-state index < -0.39 is 0 Å². The number of hydrogen-bond donors (Lipinski definition) is 2. The normalized spacial score (nSPS) is 10.0. The number of carbonyl (C=O) groups is 1. The molecular weight excluding hydrogens is 292 g/mol. The van der Waals surface area contributed by atoms with E-state index in [2.05, 4.69) is 10.6 Å². The number of ether oxygens (including phenoxy) is 2. The lowest BCUT2D eigenvalue weighted by atomic mass is 10.2. The lowest BCUT2D eigenvalue weighted by molar-refractivity contribution is 0.251. The van der Waals surface area contributed by atoms with Crippen LogP contribution < -0.4 is 20.1 Å². The summed E-state index contributed by atoms with van der Waals surface area (Å²) in [6, 6.07) is 12.9. The zero-order chi connectivity index (χ0) is 16.7. The van der Waals surface area contributed by atoms with Crippen molar-refractivity contribution < 1.29 is 14.3 Å². The van der Waals surface area contributed by atoms with Crippen LogP contribution in [0.1, 0.15) is 18.1 Å². The summed E-state index contributed by atoms with van der Waals surface area (Å²) in [4.78, 5) is 12.0. The summed E-state index contributed by atoms with van der Waals surface area (Å²) < 4.78 is 10.6. The summed E-state index contributed by atoms with van der Waals surface area (Å²) in [5.74, 6) is 1.60. The summed E-state index contributed by atoms with van der Waals surface area (Å²) in [6.45, 7) is 4.94. The highest BCUT2D eigenvalue weighted by molar-refractivity contribution is 5.89. The zero-order valence-electron chi connectivity index (χ0n) is 13.7. The Labute approximate surface area is 136 Å². The van der Waals surface area contributed by atoms with E-state index in [4.69, 9.17) is 9.47 Å². The van der Waals surface area contributed by atoms with E-state index in [-0.39, 0.29) is 6.03 Å². The minimum Gasteiger partial charge on any atom is -0.497 e. The second-order valence-corrected chi connectivity index (χ2v) is 5.07. The molecule has 2 amide bonds. The maximum atomic E-state index is 12.0. The fourth-order valence-electron chi connectivity index (χ4n) is 2.18. The van der Waals surface area contributed by atoms with Crippen molar-refractivity contribution in [3.05, 3.63) is 53.6 Å². The van der Waals surface area contributed by atoms with Crippen LogP contribution in [0.15, 0.2) is 42.5 Å². The van der Waals surface area contributed by atoms with Crippen molar-refractivity contribution in [3.63, 3.8) is 0 Å². The lowest BCUT2D eigenvalue weighted by Crippen LogP contribution is -2.28. The first kappa shape index (κ1) is 16.7. The summed E-state index contributed by atoms with van der Waals surface area (Å²) >= 11 is 0. The van der Waals surface area contributed by atoms with Crippen molar-refractivity contribution in [1.82, 2.24) is 5.32 Å². The molecule has 0 atom stereocenters. The number of rotatable bonds is 6. The Balaban J connectivity index is 1.90. The molecule has 0 saturated carbocycles. The standard InChI is InChI=1S/C18H22N2O3/c1-4-23-17-9-8-15(10-13(17)2)20-18(21)19-12-14-6-5-7-16(11-14)22-3/h5-11H,4,12H2,1-3H3,(H2,19,20,21). The maximum absolute atomic E-state index is 12.0. The Morgan fingerprint density at radius 2 is 2.00 bits per heavy atom. The predicted molar refractivity (Wildman–Crippen MR) is 91.2 cm³/mol. The van der Waals surface area contributed by atoms with E-state index in [1.165, 1.54) is 0 Å². The predicted octanol–water partition coefficient (Wildman–Crippen LogP) is 3.72. The summed E-state index contributed by atoms with van der Waals surface area (Å²) in [6.07, 6.45) is 0. The Bertz CT molecular complexity index is 671. The van der Waals surface area contributed by atoms with Gasteiger partial charge in [-0.2, -0.15) is 0 Å². The molecule has 0 aromatic heterocycles. The molecule has 0 fully saturated rings. The number of hydrogen-bond acceptors (Lipinski definition) is 3. The highest BCUT2D eigenvalue weighted by Gasteiger charge is 2.05. The van der Waals surface area contributed by atoms with Gasteiger partial charge in [0.05, 0.1) is 13.7 Å². The molecule has 23 heavy (non-hydrogen) atoms. The van der Waals surface area contributed by atoms with Gasteiger partial charge in [-0.05, 0) is 55.3 Å². The second-order valence-electron chi connectivity index (χ2n) is 5.07. The van der Waals surface area contributed by atoms with Crippen LogP contribution in [0.25, 0.3) is 0 Å². The van der Waals surface area contributed by atoms with Gasteiger partial charge in [-0.3, -0.25) is 0 Å². The highest BCUT2D eigenvalue weighted by Crippen LogP contribution is 2.21. The number of methoxy groups -OCH3 is 1. The number of urea groups is 1. The van der Waals surface area contributed by atoms with Crippen LogP contribution in [0.3, 0.4) is 0 Å². The van der Waals surface area contributed by atoms with Gasteiger partial charge in [0.25, 0.3) is 0 Å². The first-order chi connectivity index (χ1) is 11.1. The van der Waals surface area contributed by atoms with Gasteiger partial charge >= 0.3 is 6.03 Å². The molecule has 2 aromatic carbocycles. The molecule has 0 saturated heterocycles. The van der Waals surface area contributed by atoms with Crippen LogP contribution in [0.4, 0.5) is 10.5 Å². The third-order valence-electron chi connectivity index (χ3n) is 3.32. The van der Waals surface area contributed by atoms with Crippen LogP contribution in [-0.2, 0) is 6.54 Å². The Morgan fingerprint density at radius 1 is 1.17 bits per heavy atom. The molecule has 122 valence electrons. The van der Waals surface area contributed by atoms with E-state index >= 15 is 0 Å². The highest BCUT2D eigenvalue weighted by atomic mass is 16.5. The molecule has 2 rings (SSSR count). The summed E-state index contributed by atoms with van der Waals surface area (Å²) in [5, 5.41) is 5.64. The van der Waals surface area contributed by atoms with Gasteiger partial charge in [0.1, 0.15) is 11.5 Å². The number of anilines is 1. The Morgan fingerprint density at radius 3 is 2.70 bits per heavy atom. The minimum absolute atomic E-state index is 0.253. The summed E-state index contributed by atoms with van der Waals surface area (Å²) in [7, 11) is 1.62. The van der Waals surface area contributed by atoms with Crippen molar-refractivity contribution in [1.29, 1.82) is 0 Å². The van der Waals surface area contributed by atoms with Gasteiger partial charge < -0.3 is 20.1 Å². The fraction of sp³-hybridized carbons (Fsp3) is 0.278. The number of nitrogens with one attached hydrogen (secondary N) is 2. The molecule has 0 aliphatic carbocycles. The molecule has 2 aromatic rings. The topological polar surface area (TPSA) is 59.6 Å². The number of benzene rings is 2. The van der Waals surface area contributed by atoms with E-state index in [1.807, 2.05) is 56.3 Å². The van der Waals surface area contributed by atoms with Crippen molar-refractivity contribution >= 4 is 11.7 Å². The van der Waals surface area contributed by atoms with Crippen molar-refractivity contribution in [2.75, 3.05) is 19.0 Å². The van der Waals surface area contributed by atoms with Gasteiger partial charge in [-0.15, -0.1) is 0 Å². The molecule has 0 aliphatic heterocycles. The molecular formula is C18H22N2O3. The molecule has 0 unspecified atom stereocenters. The average molecular weight is 314 g/mol. The Kier molecular flexibility index (Phi) is 5.86. The molecule has 5 heteroatoms. The van der Waals surface area contributed by atoms with Gasteiger partial charge in [-0.25, -0.2) is 4.79 Å². The van der Waals surface area contributed by atoms with E-state index in [1.54, 1.807) is 7.11 Å². The lowest BCUT2D eigenvalue weighted by Gasteiger charge is -2.11. The molecule has 0 aliphatic rings. The number of amides is 2. The minimum atomic E-state index is -0.253. The van der Waals surface area contributed by atoms with Crippen LogP contribution in [0, 0.1) is 6.92 Å². The maximum Gasteiger partial charge on any atom is 0.319 e. The first-order valence-corrected chi connectivity index (χ1v) is 7.53. The van der Waals surface area contributed by atoms with E-state index in [9.17, 15) is 4.79 Å².